The van der Waals surface area contributed by atoms with Gasteiger partial charge >= 0.3 is 0 Å². The number of hydrogen-bond donors (Lipinski definition) is 1. The maximum absolute atomic E-state index is 6.01. The van der Waals surface area contributed by atoms with E-state index in [0.717, 1.165) is 64.1 Å². The van der Waals surface area contributed by atoms with Crippen LogP contribution in [0.3, 0.4) is 0 Å². The van der Waals surface area contributed by atoms with Crippen molar-refractivity contribution in [3.05, 3.63) is 18.5 Å². The Kier molecular flexibility index (Phi) is 8.81. The van der Waals surface area contributed by atoms with Gasteiger partial charge in [0.15, 0.2) is 5.96 Å². The monoisotopic (exact) mass is 388 g/mol. The maximum atomic E-state index is 6.01. The van der Waals surface area contributed by atoms with Gasteiger partial charge in [-0.3, -0.25) is 4.99 Å². The number of anilines is 1. The first kappa shape index (κ1) is 20.8. The van der Waals surface area contributed by atoms with E-state index in [1.165, 1.54) is 38.5 Å². The predicted octanol–water partition coefficient (Wildman–Crippen LogP) is 2.69. The van der Waals surface area contributed by atoms with E-state index in [9.17, 15) is 0 Å². The molecule has 1 saturated carbocycles. The van der Waals surface area contributed by atoms with Crippen molar-refractivity contribution >= 4 is 11.9 Å². The van der Waals surface area contributed by atoms with Crippen LogP contribution >= 0.6 is 0 Å². The number of ether oxygens (including phenoxy) is 1. The maximum Gasteiger partial charge on any atom is 0.225 e. The summed E-state index contributed by atoms with van der Waals surface area (Å²) in [6.45, 7) is 5.60. The van der Waals surface area contributed by atoms with Crippen molar-refractivity contribution in [2.75, 3.05) is 51.3 Å². The zero-order valence-corrected chi connectivity index (χ0v) is 17.4. The molecule has 1 aliphatic carbocycles. The Labute approximate surface area is 169 Å². The summed E-state index contributed by atoms with van der Waals surface area (Å²) in [5.41, 5.74) is 0. The van der Waals surface area contributed by atoms with Crippen LogP contribution in [-0.4, -0.2) is 73.3 Å². The van der Waals surface area contributed by atoms with Crippen LogP contribution in [0.5, 0.6) is 0 Å². The van der Waals surface area contributed by atoms with Crippen molar-refractivity contribution in [1.29, 1.82) is 0 Å². The summed E-state index contributed by atoms with van der Waals surface area (Å²) in [5.74, 6) is 1.83. The molecule has 28 heavy (non-hydrogen) atoms. The van der Waals surface area contributed by atoms with Crippen molar-refractivity contribution in [3.63, 3.8) is 0 Å². The third-order valence-electron chi connectivity index (χ3n) is 5.64. The van der Waals surface area contributed by atoms with Gasteiger partial charge in [0.1, 0.15) is 0 Å². The molecule has 0 unspecified atom stereocenters. The van der Waals surface area contributed by atoms with Gasteiger partial charge in [-0.2, -0.15) is 0 Å². The lowest BCUT2D eigenvalue weighted by molar-refractivity contribution is 0.0264. The first-order valence-corrected chi connectivity index (χ1v) is 11.0. The van der Waals surface area contributed by atoms with Crippen molar-refractivity contribution in [2.45, 2.75) is 57.5 Å². The lowest BCUT2D eigenvalue weighted by Gasteiger charge is -2.36. The molecule has 1 aromatic rings. The molecule has 7 heteroatoms. The average molecular weight is 389 g/mol. The highest BCUT2D eigenvalue weighted by molar-refractivity contribution is 5.80. The fraction of sp³-hybridized carbons (Fsp3) is 0.762. The molecule has 1 saturated heterocycles. The number of guanidine groups is 1. The van der Waals surface area contributed by atoms with E-state index < -0.39 is 0 Å². The molecule has 156 valence electrons. The summed E-state index contributed by atoms with van der Waals surface area (Å²) < 4.78 is 6.01. The van der Waals surface area contributed by atoms with E-state index in [1.807, 2.05) is 13.1 Å². The SMILES string of the molecule is CN=C(NCCCCCOC1CCCCC1)N1CCN(c2ncccn2)CC1. The molecule has 0 radical (unpaired) electrons. The third-order valence-corrected chi connectivity index (χ3v) is 5.64. The van der Waals surface area contributed by atoms with Gasteiger partial charge in [-0.15, -0.1) is 0 Å². The van der Waals surface area contributed by atoms with Crippen LogP contribution < -0.4 is 10.2 Å². The summed E-state index contributed by atoms with van der Waals surface area (Å²) >= 11 is 0. The fourth-order valence-corrected chi connectivity index (χ4v) is 3.99. The second kappa shape index (κ2) is 11.8. The first-order valence-electron chi connectivity index (χ1n) is 11.0. The molecule has 0 aromatic carbocycles. The molecular weight excluding hydrogens is 352 g/mol. The molecule has 1 aromatic heterocycles. The summed E-state index contributed by atoms with van der Waals surface area (Å²) in [6, 6.07) is 1.85. The first-order chi connectivity index (χ1) is 13.9. The number of nitrogens with one attached hydrogen (secondary N) is 1. The highest BCUT2D eigenvalue weighted by Gasteiger charge is 2.20. The van der Waals surface area contributed by atoms with Gasteiger partial charge in [0, 0.05) is 58.8 Å². The van der Waals surface area contributed by atoms with E-state index in [-0.39, 0.29) is 0 Å². The summed E-state index contributed by atoms with van der Waals surface area (Å²) in [5, 5.41) is 3.52. The Morgan fingerprint density at radius 3 is 2.54 bits per heavy atom. The standard InChI is InChI=1S/C21H36N6O/c1-22-20(23-11-6-3-7-18-28-19-9-4-2-5-10-19)26-14-16-27(17-15-26)21-24-12-8-13-25-21/h8,12-13,19H,2-7,9-11,14-18H2,1H3,(H,22,23). The van der Waals surface area contributed by atoms with Gasteiger partial charge in [0.05, 0.1) is 6.10 Å². The van der Waals surface area contributed by atoms with Crippen LogP contribution in [-0.2, 0) is 4.74 Å². The molecular formula is C21H36N6O. The van der Waals surface area contributed by atoms with Crippen LogP contribution in [0, 0.1) is 0 Å². The summed E-state index contributed by atoms with van der Waals surface area (Å²) in [4.78, 5) is 17.7. The number of aromatic nitrogens is 2. The number of rotatable bonds is 8. The molecule has 2 aliphatic rings. The van der Waals surface area contributed by atoms with E-state index in [0.29, 0.717) is 6.10 Å². The second-order valence-corrected chi connectivity index (χ2v) is 7.69. The average Bonchev–Trinajstić information content (AvgIpc) is 2.77. The molecule has 3 rings (SSSR count). The van der Waals surface area contributed by atoms with Crippen molar-refractivity contribution in [3.8, 4) is 0 Å². The number of piperazine rings is 1. The van der Waals surface area contributed by atoms with Crippen molar-refractivity contribution < 1.29 is 4.74 Å². The Morgan fingerprint density at radius 2 is 1.82 bits per heavy atom. The van der Waals surface area contributed by atoms with E-state index >= 15 is 0 Å². The van der Waals surface area contributed by atoms with Crippen LogP contribution in [0.2, 0.25) is 0 Å². The highest BCUT2D eigenvalue weighted by atomic mass is 16.5. The lowest BCUT2D eigenvalue weighted by Crippen LogP contribution is -2.53. The van der Waals surface area contributed by atoms with Gasteiger partial charge in [0.2, 0.25) is 5.95 Å². The van der Waals surface area contributed by atoms with Gasteiger partial charge in [-0.25, -0.2) is 9.97 Å². The van der Waals surface area contributed by atoms with Crippen molar-refractivity contribution in [2.24, 2.45) is 4.99 Å². The molecule has 2 heterocycles. The summed E-state index contributed by atoms with van der Waals surface area (Å²) in [7, 11) is 1.87. The van der Waals surface area contributed by atoms with Crippen LogP contribution in [0.4, 0.5) is 5.95 Å². The molecule has 0 amide bonds. The highest BCUT2D eigenvalue weighted by Crippen LogP contribution is 2.20. The van der Waals surface area contributed by atoms with E-state index in [4.69, 9.17) is 4.74 Å². The lowest BCUT2D eigenvalue weighted by atomic mass is 9.98. The molecule has 2 fully saturated rings. The molecule has 0 spiro atoms. The van der Waals surface area contributed by atoms with Crippen LogP contribution in [0.15, 0.2) is 23.5 Å². The number of unbranched alkanes of at least 4 members (excludes halogenated alkanes) is 2. The normalized spacial score (nSPS) is 19.1. The quantitative estimate of drug-likeness (QED) is 0.420. The van der Waals surface area contributed by atoms with Gasteiger partial charge in [-0.1, -0.05) is 19.3 Å². The summed E-state index contributed by atoms with van der Waals surface area (Å²) in [6.07, 6.45) is 14.3. The number of aliphatic imine (C=N–C) groups is 1. The van der Waals surface area contributed by atoms with E-state index in [2.05, 4.69) is 30.1 Å². The molecule has 0 bridgehead atoms. The second-order valence-electron chi connectivity index (χ2n) is 7.69. The Hall–Kier alpha value is -1.89. The van der Waals surface area contributed by atoms with Gasteiger partial charge in [-0.05, 0) is 38.2 Å². The third kappa shape index (κ3) is 6.62. The zero-order chi connectivity index (χ0) is 19.4. The van der Waals surface area contributed by atoms with Crippen LogP contribution in [0.25, 0.3) is 0 Å². The minimum Gasteiger partial charge on any atom is -0.378 e. The fourth-order valence-electron chi connectivity index (χ4n) is 3.99. The Bertz CT molecular complexity index is 568. The zero-order valence-electron chi connectivity index (χ0n) is 17.4. The smallest absolute Gasteiger partial charge is 0.225 e. The van der Waals surface area contributed by atoms with E-state index in [1.54, 1.807) is 12.4 Å². The minimum atomic E-state index is 0.533. The minimum absolute atomic E-state index is 0.533. The molecule has 0 atom stereocenters. The molecule has 1 aliphatic heterocycles. The Morgan fingerprint density at radius 1 is 1.07 bits per heavy atom. The Balaban J connectivity index is 1.26. The number of nitrogens with zero attached hydrogens (tertiary/aromatic N) is 5. The molecule has 7 nitrogen and oxygen atoms in total. The van der Waals surface area contributed by atoms with Crippen molar-refractivity contribution in [1.82, 2.24) is 20.2 Å². The molecule has 1 N–H and O–H groups in total. The predicted molar refractivity (Wildman–Crippen MR) is 114 cm³/mol. The largest absolute Gasteiger partial charge is 0.378 e. The number of hydrogen-bond acceptors (Lipinski definition) is 5. The van der Waals surface area contributed by atoms with Gasteiger partial charge in [0.25, 0.3) is 0 Å². The van der Waals surface area contributed by atoms with Gasteiger partial charge < -0.3 is 19.9 Å². The van der Waals surface area contributed by atoms with Crippen LogP contribution in [0.1, 0.15) is 51.4 Å². The topological polar surface area (TPSA) is 65.9 Å².